The van der Waals surface area contributed by atoms with E-state index in [-0.39, 0.29) is 12.1 Å². The molecule has 0 heterocycles. The van der Waals surface area contributed by atoms with Gasteiger partial charge in [0, 0.05) is 25.3 Å². The average Bonchev–Trinajstić information content (AvgIpc) is 2.81. The van der Waals surface area contributed by atoms with E-state index in [1.807, 2.05) is 30.3 Å². The standard InChI is InChI=1S/C25H37NO4/c27-20-23-18-22(13-14-24(23)28)25(29)19-26-15-7-1-2-8-16-30-17-9-6-12-21-10-4-3-5-11-21/h3-5,10-11,13-14,18,25-29H,1-2,6-9,12,15-17,19-20H2/i13D,14D,17D2,18D,20D2. The highest BCUT2D eigenvalue weighted by Crippen LogP contribution is 2.22. The first-order valence-electron chi connectivity index (χ1n) is 14.0. The lowest BCUT2D eigenvalue weighted by atomic mass is 10.1. The molecule has 0 fully saturated rings. The molecule has 1 atom stereocenters. The zero-order valence-electron chi connectivity index (χ0n) is 24.3. The van der Waals surface area contributed by atoms with Gasteiger partial charge in [-0.25, -0.2) is 0 Å². The molecule has 0 spiro atoms. The van der Waals surface area contributed by atoms with E-state index < -0.39 is 48.7 Å². The maximum absolute atomic E-state index is 10.4. The Labute approximate surface area is 190 Å². The number of unbranched alkanes of at least 4 members (excludes halogenated alkanes) is 3. The van der Waals surface area contributed by atoms with Gasteiger partial charge in [0.1, 0.15) is 5.75 Å². The van der Waals surface area contributed by atoms with Gasteiger partial charge in [0.2, 0.25) is 0 Å². The van der Waals surface area contributed by atoms with E-state index in [1.54, 1.807) is 0 Å². The summed E-state index contributed by atoms with van der Waals surface area (Å²) in [6, 6.07) is 7.89. The van der Waals surface area contributed by atoms with E-state index in [2.05, 4.69) is 5.32 Å². The number of rotatable bonds is 16. The van der Waals surface area contributed by atoms with Crippen LogP contribution in [-0.2, 0) is 17.7 Å². The summed E-state index contributed by atoms with van der Waals surface area (Å²) in [6.45, 7) is -3.94. The van der Waals surface area contributed by atoms with E-state index in [0.29, 0.717) is 26.0 Å². The molecule has 0 aliphatic heterocycles. The maximum atomic E-state index is 10.4. The van der Waals surface area contributed by atoms with Gasteiger partial charge in [-0.05, 0) is 61.9 Å². The lowest BCUT2D eigenvalue weighted by Gasteiger charge is -2.14. The van der Waals surface area contributed by atoms with Gasteiger partial charge in [-0.2, -0.15) is 0 Å². The second kappa shape index (κ2) is 15.0. The molecule has 0 aliphatic rings. The van der Waals surface area contributed by atoms with Crippen molar-refractivity contribution < 1.29 is 29.7 Å². The molecular weight excluding hydrogens is 378 g/mol. The number of hydrogen-bond donors (Lipinski definition) is 4. The molecule has 166 valence electrons. The highest BCUT2D eigenvalue weighted by atomic mass is 16.5. The van der Waals surface area contributed by atoms with E-state index in [9.17, 15) is 15.3 Å². The van der Waals surface area contributed by atoms with Crippen molar-refractivity contribution in [3.63, 3.8) is 0 Å². The minimum Gasteiger partial charge on any atom is -0.508 e. The number of aliphatic hydroxyl groups excluding tert-OH is 1. The van der Waals surface area contributed by atoms with Crippen LogP contribution < -0.4 is 5.32 Å². The van der Waals surface area contributed by atoms with Gasteiger partial charge in [0.05, 0.1) is 22.3 Å². The quantitative estimate of drug-likeness (QED) is 0.306. The summed E-state index contributed by atoms with van der Waals surface area (Å²) in [5.41, 5.74) is 0.00492. The summed E-state index contributed by atoms with van der Waals surface area (Å²) in [7, 11) is 0. The van der Waals surface area contributed by atoms with Crippen LogP contribution in [-0.4, -0.2) is 41.6 Å². The monoisotopic (exact) mass is 422 g/mol. The Hall–Kier alpha value is -1.92. The van der Waals surface area contributed by atoms with Gasteiger partial charge in [0.15, 0.2) is 0 Å². The Kier molecular flexibility index (Phi) is 7.89. The minimum atomic E-state index is -3.10. The molecule has 0 bridgehead atoms. The number of ether oxygens (including phenoxy) is 1. The minimum absolute atomic E-state index is 0.0534. The normalized spacial score (nSPS) is 16.5. The molecule has 5 heteroatoms. The molecular formula is C25H37NO4. The number of benzene rings is 2. The molecule has 0 saturated carbocycles. The van der Waals surface area contributed by atoms with Crippen molar-refractivity contribution in [2.75, 3.05) is 26.3 Å². The second-order valence-corrected chi connectivity index (χ2v) is 7.09. The predicted molar refractivity (Wildman–Crippen MR) is 121 cm³/mol. The molecule has 4 N–H and O–H groups in total. The smallest absolute Gasteiger partial charge is 0.121 e. The van der Waals surface area contributed by atoms with Gasteiger partial charge >= 0.3 is 0 Å². The molecule has 0 amide bonds. The Morgan fingerprint density at radius 2 is 1.83 bits per heavy atom. The van der Waals surface area contributed by atoms with Crippen molar-refractivity contribution in [3.05, 3.63) is 65.1 Å². The highest BCUT2D eigenvalue weighted by molar-refractivity contribution is 5.36. The number of aliphatic hydroxyl groups is 2. The van der Waals surface area contributed by atoms with E-state index >= 15 is 0 Å². The van der Waals surface area contributed by atoms with Crippen molar-refractivity contribution >= 4 is 0 Å². The fourth-order valence-corrected chi connectivity index (χ4v) is 2.93. The van der Waals surface area contributed by atoms with Crippen LogP contribution in [0.15, 0.2) is 48.5 Å². The third-order valence-electron chi connectivity index (χ3n) is 4.63. The SMILES string of the molecule is [2H]c1c([2H])c(C(O)CNCCCCCCOC([2H])([2H])CCCc2ccccc2)c([2H])c(C([2H])([2H])O)c1O. The van der Waals surface area contributed by atoms with Crippen molar-refractivity contribution in [1.29, 1.82) is 0 Å². The fraction of sp³-hybridized carbons (Fsp3) is 0.520. The number of aromatic hydroxyl groups is 1. The summed E-state index contributed by atoms with van der Waals surface area (Å²) >= 11 is 0. The number of phenols is 1. The third kappa shape index (κ3) is 9.72. The van der Waals surface area contributed by atoms with Crippen molar-refractivity contribution in [1.82, 2.24) is 5.32 Å². The zero-order chi connectivity index (χ0) is 27.6. The topological polar surface area (TPSA) is 82.0 Å². The summed E-state index contributed by atoms with van der Waals surface area (Å²) in [4.78, 5) is 0. The predicted octanol–water partition coefficient (Wildman–Crippen LogP) is 4.11. The molecule has 2 aromatic rings. The van der Waals surface area contributed by atoms with Crippen LogP contribution in [0.1, 0.15) is 70.9 Å². The van der Waals surface area contributed by atoms with Gasteiger partial charge in [-0.1, -0.05) is 49.2 Å². The first kappa shape index (κ1) is 15.8. The van der Waals surface area contributed by atoms with E-state index in [4.69, 9.17) is 14.3 Å². The molecule has 2 rings (SSSR count). The van der Waals surface area contributed by atoms with E-state index in [0.717, 1.165) is 32.1 Å². The first-order valence-corrected chi connectivity index (χ1v) is 10.5. The Morgan fingerprint density at radius 1 is 1.03 bits per heavy atom. The Bertz CT molecular complexity index is 987. The number of aryl methyl sites for hydroxylation is 1. The zero-order valence-corrected chi connectivity index (χ0v) is 17.3. The van der Waals surface area contributed by atoms with Crippen LogP contribution in [0.4, 0.5) is 0 Å². The summed E-state index contributed by atoms with van der Waals surface area (Å²) in [5, 5.41) is 33.0. The van der Waals surface area contributed by atoms with Gasteiger partial charge in [-0.15, -0.1) is 0 Å². The lowest BCUT2D eigenvalue weighted by Crippen LogP contribution is -2.22. The molecule has 30 heavy (non-hydrogen) atoms. The highest BCUT2D eigenvalue weighted by Gasteiger charge is 2.09. The van der Waals surface area contributed by atoms with Gasteiger partial charge in [0.25, 0.3) is 0 Å². The van der Waals surface area contributed by atoms with Crippen LogP contribution in [0.2, 0.25) is 0 Å². The van der Waals surface area contributed by atoms with Crippen LogP contribution >= 0.6 is 0 Å². The first-order chi connectivity index (χ1) is 17.3. The van der Waals surface area contributed by atoms with Crippen LogP contribution in [0.5, 0.6) is 5.75 Å². The van der Waals surface area contributed by atoms with Crippen molar-refractivity contribution in [3.8, 4) is 5.75 Å². The van der Waals surface area contributed by atoms with Crippen LogP contribution in [0.25, 0.3) is 0 Å². The largest absolute Gasteiger partial charge is 0.508 e. The van der Waals surface area contributed by atoms with Crippen molar-refractivity contribution in [2.45, 2.75) is 57.6 Å². The van der Waals surface area contributed by atoms with E-state index in [1.165, 1.54) is 5.56 Å². The Balaban J connectivity index is 1.65. The number of hydrogen-bond acceptors (Lipinski definition) is 5. The number of nitrogens with one attached hydrogen (secondary N) is 1. The Morgan fingerprint density at radius 3 is 2.63 bits per heavy atom. The van der Waals surface area contributed by atoms with Crippen molar-refractivity contribution in [2.24, 2.45) is 0 Å². The summed E-state index contributed by atoms with van der Waals surface area (Å²) in [5.74, 6) is -0.990. The second-order valence-electron chi connectivity index (χ2n) is 7.09. The molecule has 0 aliphatic carbocycles. The summed E-state index contributed by atoms with van der Waals surface area (Å²) in [6.07, 6.45) is 3.63. The lowest BCUT2D eigenvalue weighted by molar-refractivity contribution is 0.126. The fourth-order valence-electron chi connectivity index (χ4n) is 2.93. The van der Waals surface area contributed by atoms with Gasteiger partial charge < -0.3 is 25.4 Å². The molecule has 5 nitrogen and oxygen atoms in total. The van der Waals surface area contributed by atoms with Crippen LogP contribution in [0.3, 0.4) is 0 Å². The maximum Gasteiger partial charge on any atom is 0.121 e. The third-order valence-corrected chi connectivity index (χ3v) is 4.63. The molecule has 2 aromatic carbocycles. The average molecular weight is 423 g/mol. The van der Waals surface area contributed by atoms with Gasteiger partial charge in [-0.3, -0.25) is 0 Å². The molecule has 1 unspecified atom stereocenters. The molecule has 0 radical (unpaired) electrons. The summed E-state index contributed by atoms with van der Waals surface area (Å²) < 4.78 is 60.0. The van der Waals surface area contributed by atoms with Crippen LogP contribution in [0, 0.1) is 0 Å². The molecule has 0 aromatic heterocycles. The molecule has 0 saturated heterocycles.